The molecule has 1 N–H and O–H groups in total. The highest BCUT2D eigenvalue weighted by atomic mass is 16.5. The van der Waals surface area contributed by atoms with Crippen molar-refractivity contribution in [2.24, 2.45) is 4.99 Å². The molecule has 2 aliphatic heterocycles. The van der Waals surface area contributed by atoms with Gasteiger partial charge in [-0.2, -0.15) is 0 Å². The average molecular weight is 382 g/mol. The van der Waals surface area contributed by atoms with Gasteiger partial charge in [0, 0.05) is 12.8 Å². The number of ether oxygens (including phenoxy) is 2. The summed E-state index contributed by atoms with van der Waals surface area (Å²) >= 11 is 0. The fourth-order valence-corrected chi connectivity index (χ4v) is 4.56. The molecule has 1 aromatic carbocycles. The molecule has 5 heteroatoms. The number of likely N-dealkylation sites (tertiary alicyclic amines) is 1. The molecule has 4 rings (SSSR count). The summed E-state index contributed by atoms with van der Waals surface area (Å²) in [6.45, 7) is 4.51. The number of hydrogen-bond acceptors (Lipinski definition) is 4. The van der Waals surface area contributed by atoms with Gasteiger partial charge in [0.15, 0.2) is 0 Å². The summed E-state index contributed by atoms with van der Waals surface area (Å²) in [6, 6.07) is 4.33. The molecule has 2 heterocycles. The van der Waals surface area contributed by atoms with Crippen molar-refractivity contribution in [1.82, 2.24) is 4.90 Å². The number of aliphatic imine (C=N–C) groups is 1. The van der Waals surface area contributed by atoms with Crippen molar-refractivity contribution >= 4 is 11.5 Å². The van der Waals surface area contributed by atoms with Crippen LogP contribution in [0, 0.1) is 11.8 Å². The van der Waals surface area contributed by atoms with Crippen LogP contribution in [0.15, 0.2) is 17.1 Å². The van der Waals surface area contributed by atoms with Gasteiger partial charge < -0.3 is 14.8 Å². The first kappa shape index (κ1) is 19.3. The van der Waals surface area contributed by atoms with Gasteiger partial charge in [0.1, 0.15) is 11.6 Å². The lowest BCUT2D eigenvalue weighted by Gasteiger charge is -2.38. The zero-order chi connectivity index (χ0) is 19.4. The summed E-state index contributed by atoms with van der Waals surface area (Å²) in [7, 11) is 3.46. The molecule has 2 fully saturated rings. The van der Waals surface area contributed by atoms with E-state index in [-0.39, 0.29) is 5.41 Å². The van der Waals surface area contributed by atoms with Crippen molar-refractivity contribution in [2.45, 2.75) is 43.9 Å². The van der Waals surface area contributed by atoms with Gasteiger partial charge in [0.2, 0.25) is 0 Å². The number of nitrogens with zero attached hydrogens (tertiary/aromatic N) is 2. The first-order valence-corrected chi connectivity index (χ1v) is 10.5. The van der Waals surface area contributed by atoms with Crippen molar-refractivity contribution < 1.29 is 9.47 Å². The van der Waals surface area contributed by atoms with Crippen LogP contribution in [0.2, 0.25) is 0 Å². The Balaban J connectivity index is 1.57. The number of fused-ring (bicyclic) bond motifs is 2. The molecule has 1 saturated heterocycles. The second kappa shape index (κ2) is 8.55. The standard InChI is InChI=1S/C23H31N3O2/c1-27-15-11-24-22-23(9-7-10-23)19-17-21(28-2)18(16-20(19)25-22)8-6-14-26-12-4-3-5-13-26/h16-17H,3-5,7,9-15H2,1-2H3,(H,24,25). The van der Waals surface area contributed by atoms with E-state index in [1.54, 1.807) is 14.2 Å². The second-order valence-electron chi connectivity index (χ2n) is 8.02. The quantitative estimate of drug-likeness (QED) is 0.627. The van der Waals surface area contributed by atoms with Gasteiger partial charge in [-0.3, -0.25) is 9.89 Å². The monoisotopic (exact) mass is 381 g/mol. The van der Waals surface area contributed by atoms with Crippen LogP contribution in [0.1, 0.15) is 49.7 Å². The van der Waals surface area contributed by atoms with Crippen LogP contribution in [-0.2, 0) is 10.2 Å². The second-order valence-corrected chi connectivity index (χ2v) is 8.02. The molecular weight excluding hydrogens is 350 g/mol. The Labute approximate surface area is 168 Å². The van der Waals surface area contributed by atoms with Gasteiger partial charge >= 0.3 is 0 Å². The third-order valence-corrected chi connectivity index (χ3v) is 6.31. The van der Waals surface area contributed by atoms with Gasteiger partial charge in [-0.05, 0) is 56.5 Å². The Bertz CT molecular complexity index is 796. The SMILES string of the molecule is COCCN=C1Nc2cc(C#CCN3CCCCC3)c(OC)cc2C12CCC2. The van der Waals surface area contributed by atoms with E-state index in [0.29, 0.717) is 13.2 Å². The van der Waals surface area contributed by atoms with Crippen LogP contribution in [0.5, 0.6) is 5.75 Å². The summed E-state index contributed by atoms with van der Waals surface area (Å²) in [5.41, 5.74) is 3.45. The van der Waals surface area contributed by atoms with E-state index in [0.717, 1.165) is 42.2 Å². The van der Waals surface area contributed by atoms with Crippen molar-refractivity contribution in [3.63, 3.8) is 0 Å². The Morgan fingerprint density at radius 1 is 1.14 bits per heavy atom. The minimum atomic E-state index is 0.0378. The smallest absolute Gasteiger partial charge is 0.134 e. The fourth-order valence-electron chi connectivity index (χ4n) is 4.56. The van der Waals surface area contributed by atoms with Gasteiger partial charge in [-0.15, -0.1) is 0 Å². The predicted octanol–water partition coefficient (Wildman–Crippen LogP) is 3.42. The maximum absolute atomic E-state index is 5.71. The Morgan fingerprint density at radius 2 is 1.96 bits per heavy atom. The third kappa shape index (κ3) is 3.64. The fraction of sp³-hybridized carbons (Fsp3) is 0.609. The third-order valence-electron chi connectivity index (χ3n) is 6.31. The molecular formula is C23H31N3O2. The lowest BCUT2D eigenvalue weighted by atomic mass is 9.65. The van der Waals surface area contributed by atoms with Crippen molar-refractivity contribution in [1.29, 1.82) is 0 Å². The number of amidine groups is 1. The minimum Gasteiger partial charge on any atom is -0.495 e. The molecule has 1 spiro atoms. The molecule has 0 radical (unpaired) electrons. The number of nitrogens with one attached hydrogen (secondary N) is 1. The normalized spacial score (nSPS) is 21.6. The topological polar surface area (TPSA) is 46.1 Å². The van der Waals surface area contributed by atoms with E-state index in [2.05, 4.69) is 34.2 Å². The highest BCUT2D eigenvalue weighted by molar-refractivity contribution is 6.10. The first-order valence-electron chi connectivity index (χ1n) is 10.5. The zero-order valence-corrected chi connectivity index (χ0v) is 17.1. The average Bonchev–Trinajstić information content (AvgIpc) is 3.01. The number of anilines is 1. The molecule has 150 valence electrons. The van der Waals surface area contributed by atoms with Gasteiger partial charge in [0.25, 0.3) is 0 Å². The summed E-state index contributed by atoms with van der Waals surface area (Å²) in [6.07, 6.45) is 7.46. The van der Waals surface area contributed by atoms with Gasteiger partial charge in [-0.25, -0.2) is 0 Å². The van der Waals surface area contributed by atoms with E-state index >= 15 is 0 Å². The molecule has 0 unspecified atom stereocenters. The predicted molar refractivity (Wildman–Crippen MR) is 113 cm³/mol. The van der Waals surface area contributed by atoms with E-state index in [9.17, 15) is 0 Å². The largest absolute Gasteiger partial charge is 0.495 e. The first-order chi connectivity index (χ1) is 13.8. The van der Waals surface area contributed by atoms with Gasteiger partial charge in [-0.1, -0.05) is 24.7 Å². The lowest BCUT2D eigenvalue weighted by molar-refractivity contribution is 0.207. The number of piperidine rings is 1. The van der Waals surface area contributed by atoms with Crippen LogP contribution in [0.4, 0.5) is 5.69 Å². The van der Waals surface area contributed by atoms with Crippen molar-refractivity contribution in [2.75, 3.05) is 52.3 Å². The summed E-state index contributed by atoms with van der Waals surface area (Å²) in [5, 5.41) is 3.58. The zero-order valence-electron chi connectivity index (χ0n) is 17.1. The summed E-state index contributed by atoms with van der Waals surface area (Å²) < 4.78 is 10.9. The van der Waals surface area contributed by atoms with Gasteiger partial charge in [0.05, 0.1) is 37.8 Å². The Hall–Kier alpha value is -2.03. The molecule has 0 atom stereocenters. The van der Waals surface area contributed by atoms with Crippen LogP contribution in [0.25, 0.3) is 0 Å². The molecule has 3 aliphatic rings. The molecule has 1 aromatic rings. The lowest BCUT2D eigenvalue weighted by Crippen LogP contribution is -2.41. The highest BCUT2D eigenvalue weighted by Crippen LogP contribution is 2.52. The molecule has 1 aliphatic carbocycles. The summed E-state index contributed by atoms with van der Waals surface area (Å²) in [4.78, 5) is 7.25. The molecule has 28 heavy (non-hydrogen) atoms. The molecule has 1 saturated carbocycles. The van der Waals surface area contributed by atoms with Crippen LogP contribution >= 0.6 is 0 Å². The number of rotatable bonds is 5. The highest BCUT2D eigenvalue weighted by Gasteiger charge is 2.49. The van der Waals surface area contributed by atoms with E-state index in [1.807, 2.05) is 0 Å². The van der Waals surface area contributed by atoms with Crippen LogP contribution < -0.4 is 10.1 Å². The van der Waals surface area contributed by atoms with Crippen molar-refractivity contribution in [3.05, 3.63) is 23.3 Å². The Kier molecular flexibility index (Phi) is 5.89. The minimum absolute atomic E-state index is 0.0378. The number of hydrogen-bond donors (Lipinski definition) is 1. The molecule has 5 nitrogen and oxygen atoms in total. The summed E-state index contributed by atoms with van der Waals surface area (Å²) in [5.74, 6) is 8.68. The van der Waals surface area contributed by atoms with Crippen molar-refractivity contribution in [3.8, 4) is 17.6 Å². The van der Waals surface area contributed by atoms with Crippen LogP contribution in [-0.4, -0.2) is 57.7 Å². The maximum atomic E-state index is 5.71. The van der Waals surface area contributed by atoms with E-state index in [4.69, 9.17) is 14.5 Å². The number of methoxy groups -OCH3 is 2. The Morgan fingerprint density at radius 3 is 2.64 bits per heavy atom. The molecule has 0 bridgehead atoms. The number of benzene rings is 1. The van der Waals surface area contributed by atoms with Crippen LogP contribution in [0.3, 0.4) is 0 Å². The maximum Gasteiger partial charge on any atom is 0.134 e. The van der Waals surface area contributed by atoms with E-state index < -0.39 is 0 Å². The molecule has 0 amide bonds. The van der Waals surface area contributed by atoms with E-state index in [1.165, 1.54) is 44.3 Å². The molecule has 0 aromatic heterocycles.